The van der Waals surface area contributed by atoms with E-state index in [1.54, 1.807) is 31.4 Å². The molecule has 0 fully saturated rings. The van der Waals surface area contributed by atoms with Gasteiger partial charge in [-0.2, -0.15) is 0 Å². The minimum Gasteiger partial charge on any atom is -0.493 e. The lowest BCUT2D eigenvalue weighted by Gasteiger charge is -2.13. The van der Waals surface area contributed by atoms with Gasteiger partial charge in [-0.3, -0.25) is 4.79 Å². The molecule has 0 saturated carbocycles. The van der Waals surface area contributed by atoms with E-state index >= 15 is 0 Å². The molecule has 2 rings (SSSR count). The summed E-state index contributed by atoms with van der Waals surface area (Å²) in [5.74, 6) is 1.61. The summed E-state index contributed by atoms with van der Waals surface area (Å²) in [6.45, 7) is 5.25. The largest absolute Gasteiger partial charge is 0.493 e. The highest BCUT2D eigenvalue weighted by Crippen LogP contribution is 2.28. The Morgan fingerprint density at radius 3 is 2.28 bits per heavy atom. The number of carbonyl (C=O) groups excluding carboxylic acids is 1. The molecule has 0 heterocycles. The third kappa shape index (κ3) is 7.77. The molecule has 0 unspecified atom stereocenters. The highest BCUT2D eigenvalue weighted by atomic mass is 32.2. The monoisotopic (exact) mass is 419 g/mol. The summed E-state index contributed by atoms with van der Waals surface area (Å²) in [7, 11) is -1.51. The van der Waals surface area contributed by atoms with Gasteiger partial charge in [0.25, 0.3) is 5.91 Å². The number of sulfone groups is 1. The first kappa shape index (κ1) is 22.7. The maximum absolute atomic E-state index is 12.4. The molecule has 158 valence electrons. The van der Waals surface area contributed by atoms with Crippen molar-refractivity contribution < 1.29 is 22.7 Å². The average Bonchev–Trinajstić information content (AvgIpc) is 2.65. The molecule has 1 N–H and O–H groups in total. The van der Waals surface area contributed by atoms with Crippen LogP contribution < -0.4 is 14.8 Å². The zero-order chi connectivity index (χ0) is 21.4. The number of hydrogen-bond acceptors (Lipinski definition) is 5. The molecule has 2 aromatic carbocycles. The number of amides is 1. The van der Waals surface area contributed by atoms with Crippen LogP contribution in [0, 0.1) is 5.92 Å². The van der Waals surface area contributed by atoms with Gasteiger partial charge in [-0.1, -0.05) is 32.0 Å². The fourth-order valence-corrected chi connectivity index (χ4v) is 3.48. The molecule has 6 nitrogen and oxygen atoms in total. The summed E-state index contributed by atoms with van der Waals surface area (Å²) in [5.41, 5.74) is 2.02. The van der Waals surface area contributed by atoms with E-state index in [4.69, 9.17) is 9.47 Å². The number of carbonyl (C=O) groups is 1. The zero-order valence-electron chi connectivity index (χ0n) is 17.4. The van der Waals surface area contributed by atoms with E-state index in [-0.39, 0.29) is 11.7 Å². The number of methoxy groups -OCH3 is 1. The van der Waals surface area contributed by atoms with Gasteiger partial charge in [-0.15, -0.1) is 0 Å². The fraction of sp³-hybridized carbons (Fsp3) is 0.409. The molecule has 1 amide bonds. The lowest BCUT2D eigenvalue weighted by atomic mass is 10.1. The van der Waals surface area contributed by atoms with Crippen LogP contribution in [0.3, 0.4) is 0 Å². The van der Waals surface area contributed by atoms with Crippen molar-refractivity contribution in [3.63, 3.8) is 0 Å². The number of benzene rings is 2. The van der Waals surface area contributed by atoms with Gasteiger partial charge in [0, 0.05) is 18.4 Å². The van der Waals surface area contributed by atoms with Gasteiger partial charge in [0.05, 0.1) is 19.5 Å². The van der Waals surface area contributed by atoms with E-state index in [9.17, 15) is 13.2 Å². The Morgan fingerprint density at radius 2 is 1.69 bits per heavy atom. The van der Waals surface area contributed by atoms with Crippen LogP contribution in [0.5, 0.6) is 11.5 Å². The molecule has 2 aromatic rings. The normalized spacial score (nSPS) is 11.3. The molecule has 0 aromatic heterocycles. The second kappa shape index (κ2) is 10.3. The third-order valence-corrected chi connectivity index (χ3v) is 5.14. The van der Waals surface area contributed by atoms with Crippen molar-refractivity contribution in [2.75, 3.05) is 20.0 Å². The highest BCUT2D eigenvalue weighted by Gasteiger charge is 2.10. The quantitative estimate of drug-likeness (QED) is 0.636. The molecule has 0 aliphatic carbocycles. The SMILES string of the molecule is COc1cc(CNC(=O)c2ccc(CS(C)(=O)=O)cc2)ccc1OCCC(C)C. The van der Waals surface area contributed by atoms with Gasteiger partial charge in [0.1, 0.15) is 0 Å². The second-order valence-corrected chi connectivity index (χ2v) is 9.61. The average molecular weight is 420 g/mol. The van der Waals surface area contributed by atoms with Crippen molar-refractivity contribution in [1.82, 2.24) is 5.32 Å². The smallest absolute Gasteiger partial charge is 0.251 e. The Bertz CT molecular complexity index is 921. The predicted molar refractivity (Wildman–Crippen MR) is 114 cm³/mol. The maximum Gasteiger partial charge on any atom is 0.251 e. The zero-order valence-corrected chi connectivity index (χ0v) is 18.2. The third-order valence-electron chi connectivity index (χ3n) is 4.28. The summed E-state index contributed by atoms with van der Waals surface area (Å²) in [4.78, 5) is 12.4. The predicted octanol–water partition coefficient (Wildman–Crippen LogP) is 3.59. The molecule has 0 saturated heterocycles. The molecular weight excluding hydrogens is 390 g/mol. The van der Waals surface area contributed by atoms with Crippen LogP contribution in [0.2, 0.25) is 0 Å². The Hall–Kier alpha value is -2.54. The molecule has 0 aliphatic heterocycles. The first-order valence-electron chi connectivity index (χ1n) is 9.52. The molecule has 0 atom stereocenters. The second-order valence-electron chi connectivity index (χ2n) is 7.47. The van der Waals surface area contributed by atoms with Crippen molar-refractivity contribution in [2.24, 2.45) is 5.92 Å². The Labute approximate surface area is 173 Å². The van der Waals surface area contributed by atoms with Crippen LogP contribution >= 0.6 is 0 Å². The van der Waals surface area contributed by atoms with Crippen molar-refractivity contribution in [3.8, 4) is 11.5 Å². The first-order chi connectivity index (χ1) is 13.7. The molecular formula is C22H29NO5S. The van der Waals surface area contributed by atoms with Crippen LogP contribution in [0.1, 0.15) is 41.8 Å². The molecule has 0 spiro atoms. The minimum absolute atomic E-state index is 0.0414. The van der Waals surface area contributed by atoms with Gasteiger partial charge in [-0.05, 0) is 47.7 Å². The number of ether oxygens (including phenoxy) is 2. The van der Waals surface area contributed by atoms with Gasteiger partial charge in [0.2, 0.25) is 0 Å². The van der Waals surface area contributed by atoms with Gasteiger partial charge in [0.15, 0.2) is 21.3 Å². The standard InChI is InChI=1S/C22H29NO5S/c1-16(2)11-12-28-20-10-7-18(13-21(20)27-3)14-23-22(24)19-8-5-17(6-9-19)15-29(4,25)26/h5-10,13,16H,11-12,14-15H2,1-4H3,(H,23,24). The van der Waals surface area contributed by atoms with Crippen molar-refractivity contribution in [1.29, 1.82) is 0 Å². The van der Waals surface area contributed by atoms with E-state index < -0.39 is 9.84 Å². The van der Waals surface area contributed by atoms with E-state index in [1.165, 1.54) is 6.26 Å². The van der Waals surface area contributed by atoms with Crippen LogP contribution in [-0.4, -0.2) is 34.3 Å². The minimum atomic E-state index is -3.10. The van der Waals surface area contributed by atoms with Crippen LogP contribution in [0.4, 0.5) is 0 Å². The fourth-order valence-electron chi connectivity index (χ4n) is 2.69. The Morgan fingerprint density at radius 1 is 1.03 bits per heavy atom. The van der Waals surface area contributed by atoms with Crippen molar-refractivity contribution in [2.45, 2.75) is 32.6 Å². The summed E-state index contributed by atoms with van der Waals surface area (Å²) < 4.78 is 33.9. The van der Waals surface area contributed by atoms with Crippen LogP contribution in [0.25, 0.3) is 0 Å². The van der Waals surface area contributed by atoms with E-state index in [1.807, 2.05) is 18.2 Å². The molecule has 29 heavy (non-hydrogen) atoms. The molecule has 0 radical (unpaired) electrons. The number of nitrogens with one attached hydrogen (secondary N) is 1. The van der Waals surface area contributed by atoms with Gasteiger partial charge < -0.3 is 14.8 Å². The van der Waals surface area contributed by atoms with Crippen LogP contribution in [0.15, 0.2) is 42.5 Å². The van der Waals surface area contributed by atoms with E-state index in [0.29, 0.717) is 41.7 Å². The lowest BCUT2D eigenvalue weighted by Crippen LogP contribution is -2.22. The number of hydrogen-bond donors (Lipinski definition) is 1. The van der Waals surface area contributed by atoms with E-state index in [2.05, 4.69) is 19.2 Å². The summed E-state index contributed by atoms with van der Waals surface area (Å²) in [6.07, 6.45) is 2.15. The highest BCUT2D eigenvalue weighted by molar-refractivity contribution is 7.89. The van der Waals surface area contributed by atoms with Gasteiger partial charge in [-0.25, -0.2) is 8.42 Å². The van der Waals surface area contributed by atoms with E-state index in [0.717, 1.165) is 12.0 Å². The summed E-state index contributed by atoms with van der Waals surface area (Å²) >= 11 is 0. The van der Waals surface area contributed by atoms with Gasteiger partial charge >= 0.3 is 0 Å². The summed E-state index contributed by atoms with van der Waals surface area (Å²) in [6, 6.07) is 12.2. The molecule has 0 aliphatic rings. The molecule has 7 heteroatoms. The van der Waals surface area contributed by atoms with Crippen LogP contribution in [-0.2, 0) is 22.1 Å². The van der Waals surface area contributed by atoms with Crippen molar-refractivity contribution >= 4 is 15.7 Å². The first-order valence-corrected chi connectivity index (χ1v) is 11.6. The lowest BCUT2D eigenvalue weighted by molar-refractivity contribution is 0.0951. The Balaban J connectivity index is 1.95. The van der Waals surface area contributed by atoms with Crippen molar-refractivity contribution in [3.05, 3.63) is 59.2 Å². The maximum atomic E-state index is 12.4. The topological polar surface area (TPSA) is 81.7 Å². The summed E-state index contributed by atoms with van der Waals surface area (Å²) in [5, 5.41) is 2.86. The molecule has 0 bridgehead atoms. The Kier molecular flexibility index (Phi) is 8.08. The number of rotatable bonds is 10.